The molecule has 4 fully saturated rings. The molecular formula is C30H44O4. The Bertz CT molecular complexity index is 978. The SMILES string of the molecule is CC1(C)C=C2C3CC[C@@H]4[C@@]5(C)CCC(=O)[C@](C)(C=O)C5CC[C@@]4(C)[C@]3(C)CC[C@@]2(C(=O)O)CC1. The largest absolute Gasteiger partial charge is 0.481 e. The first-order valence-electron chi connectivity index (χ1n) is 13.7. The summed E-state index contributed by atoms with van der Waals surface area (Å²) in [6.45, 7) is 13.8. The van der Waals surface area contributed by atoms with Crippen LogP contribution in [0.2, 0.25) is 0 Å². The topological polar surface area (TPSA) is 71.4 Å². The van der Waals surface area contributed by atoms with E-state index < -0.39 is 16.8 Å². The number of carbonyl (C=O) groups excluding carboxylic acids is 2. The molecule has 0 radical (unpaired) electrons. The fourth-order valence-corrected chi connectivity index (χ4v) is 10.4. The molecule has 34 heavy (non-hydrogen) atoms. The van der Waals surface area contributed by atoms with Gasteiger partial charge >= 0.3 is 5.97 Å². The lowest BCUT2D eigenvalue weighted by atomic mass is 9.32. The van der Waals surface area contributed by atoms with Crippen LogP contribution in [-0.4, -0.2) is 23.1 Å². The van der Waals surface area contributed by atoms with Crippen molar-refractivity contribution in [3.63, 3.8) is 0 Å². The average molecular weight is 469 g/mol. The first-order valence-corrected chi connectivity index (χ1v) is 13.7. The number of aldehydes is 1. The molecule has 1 N–H and O–H groups in total. The second-order valence-corrected chi connectivity index (χ2v) is 14.4. The fraction of sp³-hybridized carbons (Fsp3) is 0.833. The number of allylic oxidation sites excluding steroid dienone is 1. The second-order valence-electron chi connectivity index (χ2n) is 14.4. The number of Topliss-reactive ketones (excluding diaryl/α,β-unsaturated/α-hetero) is 1. The highest BCUT2D eigenvalue weighted by atomic mass is 16.4. The van der Waals surface area contributed by atoms with Gasteiger partial charge in [-0.05, 0) is 104 Å². The molecule has 0 heterocycles. The summed E-state index contributed by atoms with van der Waals surface area (Å²) >= 11 is 0. The van der Waals surface area contributed by atoms with Crippen molar-refractivity contribution in [3.05, 3.63) is 11.6 Å². The van der Waals surface area contributed by atoms with Crippen molar-refractivity contribution in [2.45, 2.75) is 106 Å². The standard InChI is InChI=1S/C30H44O4/c1-25(2)13-15-30(24(33)34)16-14-28(5)19(20(30)17-25)7-8-22-26(3)11-10-23(32)27(4,18-31)21(26)9-12-29(22,28)6/h17-19,21-22H,7-16H2,1-6H3,(H,33,34)/t19?,21?,22-,26+,27-,28-,29-,30+/m1/s1. The van der Waals surface area contributed by atoms with E-state index in [1.54, 1.807) is 0 Å². The van der Waals surface area contributed by atoms with E-state index in [2.05, 4.69) is 40.7 Å². The third-order valence-electron chi connectivity index (χ3n) is 12.7. The van der Waals surface area contributed by atoms with Crippen LogP contribution in [0.4, 0.5) is 0 Å². The Kier molecular flexibility index (Phi) is 5.04. The van der Waals surface area contributed by atoms with Gasteiger partial charge in [-0.1, -0.05) is 46.3 Å². The molecule has 0 aliphatic heterocycles. The maximum Gasteiger partial charge on any atom is 0.313 e. The molecule has 8 atom stereocenters. The number of carboxylic acids is 1. The van der Waals surface area contributed by atoms with Gasteiger partial charge in [0.25, 0.3) is 0 Å². The minimum Gasteiger partial charge on any atom is -0.481 e. The molecule has 4 saturated carbocycles. The number of aliphatic carboxylic acids is 1. The van der Waals surface area contributed by atoms with Crippen LogP contribution in [0.25, 0.3) is 0 Å². The summed E-state index contributed by atoms with van der Waals surface area (Å²) in [6.07, 6.45) is 12.2. The Morgan fingerprint density at radius 2 is 1.56 bits per heavy atom. The smallest absolute Gasteiger partial charge is 0.313 e. The van der Waals surface area contributed by atoms with E-state index in [1.807, 2.05) is 6.92 Å². The van der Waals surface area contributed by atoms with Gasteiger partial charge in [0, 0.05) is 6.42 Å². The summed E-state index contributed by atoms with van der Waals surface area (Å²) in [7, 11) is 0. The van der Waals surface area contributed by atoms with Gasteiger partial charge in [-0.25, -0.2) is 0 Å². The van der Waals surface area contributed by atoms with E-state index in [-0.39, 0.29) is 33.4 Å². The zero-order chi connectivity index (χ0) is 24.9. The molecule has 0 aromatic heterocycles. The molecule has 0 bridgehead atoms. The first-order chi connectivity index (χ1) is 15.7. The van der Waals surface area contributed by atoms with E-state index in [1.165, 1.54) is 5.57 Å². The third-order valence-corrected chi connectivity index (χ3v) is 12.7. The second kappa shape index (κ2) is 7.07. The van der Waals surface area contributed by atoms with Crippen molar-refractivity contribution in [1.82, 2.24) is 0 Å². The van der Waals surface area contributed by atoms with Crippen molar-refractivity contribution < 1.29 is 19.5 Å². The number of rotatable bonds is 2. The molecule has 0 saturated heterocycles. The zero-order valence-corrected chi connectivity index (χ0v) is 22.1. The van der Waals surface area contributed by atoms with Crippen LogP contribution < -0.4 is 0 Å². The van der Waals surface area contributed by atoms with Gasteiger partial charge in [-0.3, -0.25) is 9.59 Å². The summed E-state index contributed by atoms with van der Waals surface area (Å²) in [6, 6.07) is 0. The Balaban J connectivity index is 1.59. The van der Waals surface area contributed by atoms with E-state index in [4.69, 9.17) is 0 Å². The quantitative estimate of drug-likeness (QED) is 0.281. The number of hydrogen-bond donors (Lipinski definition) is 1. The van der Waals surface area contributed by atoms with E-state index in [9.17, 15) is 19.5 Å². The lowest BCUT2D eigenvalue weighted by molar-refractivity contribution is -0.212. The molecule has 2 unspecified atom stereocenters. The van der Waals surface area contributed by atoms with Crippen LogP contribution in [0.15, 0.2) is 11.6 Å². The summed E-state index contributed by atoms with van der Waals surface area (Å²) in [5, 5.41) is 10.5. The normalized spacial score (nSPS) is 51.8. The summed E-state index contributed by atoms with van der Waals surface area (Å²) in [4.78, 5) is 37.9. The lowest BCUT2D eigenvalue weighted by Gasteiger charge is -2.71. The van der Waals surface area contributed by atoms with Crippen molar-refractivity contribution in [2.75, 3.05) is 0 Å². The molecule has 0 aromatic rings. The first kappa shape index (κ1) is 24.3. The summed E-state index contributed by atoms with van der Waals surface area (Å²) in [5.74, 6) is 0.396. The van der Waals surface area contributed by atoms with Crippen LogP contribution in [0, 0.1) is 50.2 Å². The van der Waals surface area contributed by atoms with Gasteiger partial charge in [0.1, 0.15) is 12.1 Å². The van der Waals surface area contributed by atoms with Crippen molar-refractivity contribution in [3.8, 4) is 0 Å². The van der Waals surface area contributed by atoms with E-state index >= 15 is 0 Å². The van der Waals surface area contributed by atoms with Gasteiger partial charge in [0.2, 0.25) is 0 Å². The Labute approximate surface area is 205 Å². The molecule has 188 valence electrons. The monoisotopic (exact) mass is 468 g/mol. The summed E-state index contributed by atoms with van der Waals surface area (Å²) in [5.41, 5.74) is -0.159. The molecule has 0 spiro atoms. The Morgan fingerprint density at radius 3 is 2.21 bits per heavy atom. The van der Waals surface area contributed by atoms with Gasteiger partial charge in [-0.15, -0.1) is 0 Å². The minimum absolute atomic E-state index is 0.0217. The van der Waals surface area contributed by atoms with Gasteiger partial charge < -0.3 is 9.90 Å². The van der Waals surface area contributed by atoms with Gasteiger partial charge in [-0.2, -0.15) is 0 Å². The maximum atomic E-state index is 12.9. The number of fused-ring (bicyclic) bond motifs is 7. The van der Waals surface area contributed by atoms with Crippen molar-refractivity contribution in [1.29, 1.82) is 0 Å². The highest BCUT2D eigenvalue weighted by molar-refractivity contribution is 5.99. The van der Waals surface area contributed by atoms with Crippen LogP contribution >= 0.6 is 0 Å². The van der Waals surface area contributed by atoms with E-state index in [0.717, 1.165) is 64.1 Å². The van der Waals surface area contributed by atoms with Gasteiger partial charge in [0.15, 0.2) is 0 Å². The Hall–Kier alpha value is -1.45. The van der Waals surface area contributed by atoms with Crippen LogP contribution in [0.1, 0.15) is 106 Å². The molecule has 4 nitrogen and oxygen atoms in total. The maximum absolute atomic E-state index is 12.9. The fourth-order valence-electron chi connectivity index (χ4n) is 10.4. The zero-order valence-electron chi connectivity index (χ0n) is 22.1. The molecular weight excluding hydrogens is 424 g/mol. The number of ketones is 1. The Morgan fingerprint density at radius 1 is 0.882 bits per heavy atom. The highest BCUT2D eigenvalue weighted by Crippen LogP contribution is 2.76. The minimum atomic E-state index is -0.854. The average Bonchev–Trinajstić information content (AvgIpc) is 2.76. The van der Waals surface area contributed by atoms with Crippen LogP contribution in [-0.2, 0) is 14.4 Å². The molecule has 5 rings (SSSR count). The molecule has 4 heteroatoms. The number of carbonyl (C=O) groups is 3. The van der Waals surface area contributed by atoms with Crippen LogP contribution in [0.5, 0.6) is 0 Å². The summed E-state index contributed by atoms with van der Waals surface area (Å²) < 4.78 is 0. The van der Waals surface area contributed by atoms with Crippen molar-refractivity contribution in [2.24, 2.45) is 50.2 Å². The van der Waals surface area contributed by atoms with Crippen LogP contribution in [0.3, 0.4) is 0 Å². The molecule has 0 amide bonds. The highest BCUT2D eigenvalue weighted by Gasteiger charge is 2.70. The predicted octanol–water partition coefficient (Wildman–Crippen LogP) is 6.62. The molecule has 0 aromatic carbocycles. The molecule has 5 aliphatic rings. The molecule has 5 aliphatic carbocycles. The number of hydrogen-bond acceptors (Lipinski definition) is 3. The lowest BCUT2D eigenvalue weighted by Crippen LogP contribution is -2.66. The van der Waals surface area contributed by atoms with E-state index in [0.29, 0.717) is 18.3 Å². The third kappa shape index (κ3) is 2.75. The van der Waals surface area contributed by atoms with Gasteiger partial charge in [0.05, 0.1) is 10.8 Å². The predicted molar refractivity (Wildman–Crippen MR) is 132 cm³/mol. The number of carboxylic acid groups (broad SMARTS) is 1. The van der Waals surface area contributed by atoms with Crippen molar-refractivity contribution >= 4 is 18.0 Å².